The van der Waals surface area contributed by atoms with Crippen LogP contribution in [0.2, 0.25) is 5.02 Å². The number of nitrogens with two attached hydrogens (primary N) is 1. The topological polar surface area (TPSA) is 91.5 Å². The molecular weight excluding hydrogens is 266 g/mol. The first kappa shape index (κ1) is 13.6. The standard InChI is InChI=1S/C12H16ClN5O/c1-7-6-10(19)17-12(15-7)18-11(14)16-9-4-2-8(13)3-5-9/h2-5,7,12,15H,6H2,1H3,(H,17,19)(H3,14,16,18). The number of nitrogens with one attached hydrogen (secondary N) is 3. The van der Waals surface area contributed by atoms with Gasteiger partial charge in [-0.25, -0.2) is 4.99 Å². The molecule has 2 rings (SSSR count). The van der Waals surface area contributed by atoms with Crippen molar-refractivity contribution < 1.29 is 4.79 Å². The van der Waals surface area contributed by atoms with Gasteiger partial charge in [0.05, 0.1) is 0 Å². The van der Waals surface area contributed by atoms with Crippen LogP contribution in [-0.4, -0.2) is 24.2 Å². The zero-order chi connectivity index (χ0) is 13.8. The summed E-state index contributed by atoms with van der Waals surface area (Å²) in [6, 6.07) is 7.16. The molecule has 0 saturated carbocycles. The summed E-state index contributed by atoms with van der Waals surface area (Å²) in [4.78, 5) is 15.5. The fraction of sp³-hybridized carbons (Fsp3) is 0.333. The molecule has 102 valence electrons. The van der Waals surface area contributed by atoms with Crippen LogP contribution in [0.15, 0.2) is 29.3 Å². The summed E-state index contributed by atoms with van der Waals surface area (Å²) < 4.78 is 0. The molecule has 2 atom stereocenters. The number of carbonyl (C=O) groups excluding carboxylic acids is 1. The minimum atomic E-state index is -0.504. The number of rotatable bonds is 2. The number of carbonyl (C=O) groups is 1. The summed E-state index contributed by atoms with van der Waals surface area (Å²) in [7, 11) is 0. The molecule has 1 aromatic rings. The lowest BCUT2D eigenvalue weighted by Crippen LogP contribution is -2.55. The number of aliphatic imine (C=N–C) groups is 1. The Balaban J connectivity index is 1.98. The third-order valence-electron chi connectivity index (χ3n) is 2.62. The summed E-state index contributed by atoms with van der Waals surface area (Å²) in [5.74, 6) is 0.175. The van der Waals surface area contributed by atoms with Crippen LogP contribution >= 0.6 is 11.6 Å². The van der Waals surface area contributed by atoms with Crippen LogP contribution in [0.1, 0.15) is 13.3 Å². The molecule has 0 aromatic heterocycles. The zero-order valence-electron chi connectivity index (χ0n) is 10.5. The highest BCUT2D eigenvalue weighted by Crippen LogP contribution is 2.13. The van der Waals surface area contributed by atoms with Crippen LogP contribution < -0.4 is 21.7 Å². The van der Waals surface area contributed by atoms with E-state index in [4.69, 9.17) is 17.3 Å². The zero-order valence-corrected chi connectivity index (χ0v) is 11.2. The molecule has 5 N–H and O–H groups in total. The van der Waals surface area contributed by atoms with E-state index in [2.05, 4.69) is 20.9 Å². The molecule has 2 unspecified atom stereocenters. The van der Waals surface area contributed by atoms with Gasteiger partial charge in [-0.3, -0.25) is 10.1 Å². The van der Waals surface area contributed by atoms with Crippen LogP contribution in [0.25, 0.3) is 0 Å². The fourth-order valence-electron chi connectivity index (χ4n) is 1.78. The Morgan fingerprint density at radius 3 is 2.79 bits per heavy atom. The Kier molecular flexibility index (Phi) is 4.24. The molecule has 0 radical (unpaired) electrons. The maximum absolute atomic E-state index is 11.4. The van der Waals surface area contributed by atoms with Gasteiger partial charge in [0.25, 0.3) is 0 Å². The van der Waals surface area contributed by atoms with E-state index in [0.29, 0.717) is 11.4 Å². The molecule has 1 fully saturated rings. The second kappa shape index (κ2) is 5.90. The van der Waals surface area contributed by atoms with Gasteiger partial charge in [0.2, 0.25) is 5.91 Å². The highest BCUT2D eigenvalue weighted by Gasteiger charge is 2.22. The van der Waals surface area contributed by atoms with Gasteiger partial charge >= 0.3 is 0 Å². The highest BCUT2D eigenvalue weighted by molar-refractivity contribution is 6.30. The Labute approximate surface area is 116 Å². The maximum atomic E-state index is 11.4. The summed E-state index contributed by atoms with van der Waals surface area (Å²) in [5, 5.41) is 9.38. The third kappa shape index (κ3) is 4.11. The van der Waals surface area contributed by atoms with E-state index >= 15 is 0 Å². The molecule has 1 aliphatic heterocycles. The summed E-state index contributed by atoms with van der Waals surface area (Å²) in [6.45, 7) is 1.92. The first-order chi connectivity index (χ1) is 9.02. The maximum Gasteiger partial charge on any atom is 0.224 e. The predicted octanol–water partition coefficient (Wildman–Crippen LogP) is 0.848. The monoisotopic (exact) mass is 281 g/mol. The number of hydrogen-bond donors (Lipinski definition) is 4. The average molecular weight is 282 g/mol. The molecule has 7 heteroatoms. The summed E-state index contributed by atoms with van der Waals surface area (Å²) in [5.41, 5.74) is 6.56. The van der Waals surface area contributed by atoms with E-state index in [9.17, 15) is 4.79 Å². The Bertz CT molecular complexity index is 487. The minimum Gasteiger partial charge on any atom is -0.370 e. The van der Waals surface area contributed by atoms with Gasteiger partial charge in [0.1, 0.15) is 0 Å². The largest absolute Gasteiger partial charge is 0.370 e. The van der Waals surface area contributed by atoms with Crippen LogP contribution in [0.3, 0.4) is 0 Å². The van der Waals surface area contributed by atoms with Crippen molar-refractivity contribution in [1.82, 2.24) is 10.6 Å². The van der Waals surface area contributed by atoms with Gasteiger partial charge < -0.3 is 16.4 Å². The number of amides is 1. The van der Waals surface area contributed by atoms with Gasteiger partial charge in [-0.05, 0) is 31.2 Å². The normalized spacial score (nSPS) is 23.9. The van der Waals surface area contributed by atoms with Crippen molar-refractivity contribution in [3.8, 4) is 0 Å². The number of benzene rings is 1. The lowest BCUT2D eigenvalue weighted by atomic mass is 10.2. The van der Waals surface area contributed by atoms with Crippen molar-refractivity contribution in [2.45, 2.75) is 25.7 Å². The molecule has 0 aliphatic carbocycles. The van der Waals surface area contributed by atoms with Crippen molar-refractivity contribution in [2.75, 3.05) is 5.32 Å². The average Bonchev–Trinajstić information content (AvgIpc) is 2.30. The molecule has 0 bridgehead atoms. The summed E-state index contributed by atoms with van der Waals surface area (Å²) >= 11 is 5.79. The SMILES string of the molecule is CC1CC(=O)NC(/N=C(\N)Nc2ccc(Cl)cc2)N1. The smallest absolute Gasteiger partial charge is 0.224 e. The fourth-order valence-corrected chi connectivity index (χ4v) is 1.91. The number of nitrogens with zero attached hydrogens (tertiary/aromatic N) is 1. The molecule has 0 spiro atoms. The lowest BCUT2D eigenvalue weighted by Gasteiger charge is -2.26. The van der Waals surface area contributed by atoms with E-state index in [1.54, 1.807) is 24.3 Å². The molecular formula is C12H16ClN5O. The van der Waals surface area contributed by atoms with Crippen LogP contribution in [0.5, 0.6) is 0 Å². The van der Waals surface area contributed by atoms with E-state index in [0.717, 1.165) is 5.69 Å². The second-order valence-corrected chi connectivity index (χ2v) is 4.82. The van der Waals surface area contributed by atoms with Gasteiger partial charge in [0, 0.05) is 23.2 Å². The quantitative estimate of drug-likeness (QED) is 0.478. The van der Waals surface area contributed by atoms with E-state index < -0.39 is 6.29 Å². The molecule has 1 aromatic carbocycles. The van der Waals surface area contributed by atoms with Crippen molar-refractivity contribution >= 4 is 29.2 Å². The number of anilines is 1. The predicted molar refractivity (Wildman–Crippen MR) is 75.8 cm³/mol. The molecule has 1 saturated heterocycles. The Morgan fingerprint density at radius 1 is 1.47 bits per heavy atom. The van der Waals surface area contributed by atoms with E-state index in [1.165, 1.54) is 0 Å². The molecule has 1 aliphatic rings. The molecule has 6 nitrogen and oxygen atoms in total. The van der Waals surface area contributed by atoms with Crippen molar-refractivity contribution in [3.05, 3.63) is 29.3 Å². The van der Waals surface area contributed by atoms with Crippen molar-refractivity contribution in [1.29, 1.82) is 0 Å². The lowest BCUT2D eigenvalue weighted by molar-refractivity contribution is -0.124. The van der Waals surface area contributed by atoms with Gasteiger partial charge in [-0.15, -0.1) is 0 Å². The van der Waals surface area contributed by atoms with E-state index in [-0.39, 0.29) is 17.9 Å². The number of guanidine groups is 1. The van der Waals surface area contributed by atoms with Gasteiger partial charge in [-0.1, -0.05) is 11.6 Å². The van der Waals surface area contributed by atoms with Crippen molar-refractivity contribution in [2.24, 2.45) is 10.7 Å². The molecule has 1 heterocycles. The van der Waals surface area contributed by atoms with E-state index in [1.807, 2.05) is 6.92 Å². The Morgan fingerprint density at radius 2 is 2.16 bits per heavy atom. The Hall–Kier alpha value is -1.79. The van der Waals surface area contributed by atoms with Gasteiger partial charge in [0.15, 0.2) is 12.2 Å². The first-order valence-electron chi connectivity index (χ1n) is 5.94. The third-order valence-corrected chi connectivity index (χ3v) is 2.87. The van der Waals surface area contributed by atoms with Crippen molar-refractivity contribution in [3.63, 3.8) is 0 Å². The number of halogens is 1. The number of hydrogen-bond acceptors (Lipinski definition) is 3. The highest BCUT2D eigenvalue weighted by atomic mass is 35.5. The second-order valence-electron chi connectivity index (χ2n) is 4.39. The van der Waals surface area contributed by atoms with Crippen LogP contribution in [-0.2, 0) is 4.79 Å². The van der Waals surface area contributed by atoms with Crippen LogP contribution in [0.4, 0.5) is 5.69 Å². The summed E-state index contributed by atoms with van der Waals surface area (Å²) in [6.07, 6.45) is -0.0626. The molecule has 1 amide bonds. The van der Waals surface area contributed by atoms with Crippen LogP contribution in [0, 0.1) is 0 Å². The first-order valence-corrected chi connectivity index (χ1v) is 6.32. The minimum absolute atomic E-state index is 0.0423. The molecule has 19 heavy (non-hydrogen) atoms. The van der Waals surface area contributed by atoms with Gasteiger partial charge in [-0.2, -0.15) is 0 Å².